The Hall–Kier alpha value is -1.30. The molecular formula is C18H30N2O3. The molecule has 5 heteroatoms. The summed E-state index contributed by atoms with van der Waals surface area (Å²) in [5.41, 5.74) is 0.787. The van der Waals surface area contributed by atoms with Gasteiger partial charge in [0.2, 0.25) is 0 Å². The molecule has 1 atom stereocenters. The van der Waals surface area contributed by atoms with Crippen LogP contribution in [0.2, 0.25) is 0 Å². The lowest BCUT2D eigenvalue weighted by atomic mass is 9.99. The van der Waals surface area contributed by atoms with Crippen molar-refractivity contribution in [3.8, 4) is 11.5 Å². The maximum absolute atomic E-state index is 10.2. The van der Waals surface area contributed by atoms with Gasteiger partial charge in [-0.15, -0.1) is 0 Å². The molecule has 1 aliphatic rings. The Morgan fingerprint density at radius 2 is 2.09 bits per heavy atom. The lowest BCUT2D eigenvalue weighted by Gasteiger charge is -2.31. The van der Waals surface area contributed by atoms with Crippen LogP contribution >= 0.6 is 0 Å². The number of aliphatic hydroxyl groups is 1. The van der Waals surface area contributed by atoms with Gasteiger partial charge in [-0.1, -0.05) is 19.1 Å². The van der Waals surface area contributed by atoms with E-state index in [1.54, 1.807) is 6.07 Å². The standard InChI is InChI=1S/C18H30N2O3/c1-3-23-17-6-4-5-15(18(17)22)11-19-12-16(21)13-20-9-7-14(2)8-10-20/h4-6,14,16,19,21-22H,3,7-13H2,1-2H3. The SMILES string of the molecule is CCOc1cccc(CNCC(O)CN2CCC(C)CC2)c1O. The summed E-state index contributed by atoms with van der Waals surface area (Å²) < 4.78 is 5.38. The number of ether oxygens (including phenoxy) is 1. The van der Waals surface area contributed by atoms with Crippen molar-refractivity contribution in [2.24, 2.45) is 5.92 Å². The fraction of sp³-hybridized carbons (Fsp3) is 0.667. The zero-order valence-corrected chi connectivity index (χ0v) is 14.3. The topological polar surface area (TPSA) is 65.0 Å². The highest BCUT2D eigenvalue weighted by molar-refractivity contribution is 5.45. The van der Waals surface area contributed by atoms with Crippen molar-refractivity contribution in [2.45, 2.75) is 39.3 Å². The van der Waals surface area contributed by atoms with E-state index in [4.69, 9.17) is 4.74 Å². The maximum Gasteiger partial charge on any atom is 0.162 e. The first kappa shape index (κ1) is 18.0. The second-order valence-corrected chi connectivity index (χ2v) is 6.46. The van der Waals surface area contributed by atoms with Gasteiger partial charge in [0.15, 0.2) is 11.5 Å². The van der Waals surface area contributed by atoms with E-state index in [0.717, 1.165) is 24.6 Å². The van der Waals surface area contributed by atoms with Crippen molar-refractivity contribution in [3.05, 3.63) is 23.8 Å². The Balaban J connectivity index is 1.73. The average Bonchev–Trinajstić information content (AvgIpc) is 2.53. The van der Waals surface area contributed by atoms with Crippen LogP contribution in [0.1, 0.15) is 32.3 Å². The number of phenolic OH excluding ortho intramolecular Hbond substituents is 1. The molecule has 0 amide bonds. The van der Waals surface area contributed by atoms with Gasteiger partial charge in [-0.05, 0) is 44.8 Å². The summed E-state index contributed by atoms with van der Waals surface area (Å²) in [5.74, 6) is 1.50. The Morgan fingerprint density at radius 1 is 1.35 bits per heavy atom. The smallest absolute Gasteiger partial charge is 0.162 e. The molecule has 2 rings (SSSR count). The van der Waals surface area contributed by atoms with E-state index >= 15 is 0 Å². The fourth-order valence-electron chi connectivity index (χ4n) is 2.96. The average molecular weight is 322 g/mol. The highest BCUT2D eigenvalue weighted by Crippen LogP contribution is 2.29. The van der Waals surface area contributed by atoms with E-state index in [1.807, 2.05) is 19.1 Å². The van der Waals surface area contributed by atoms with Crippen molar-refractivity contribution in [3.63, 3.8) is 0 Å². The van der Waals surface area contributed by atoms with Crippen LogP contribution in [0.25, 0.3) is 0 Å². The second-order valence-electron chi connectivity index (χ2n) is 6.46. The van der Waals surface area contributed by atoms with Crippen LogP contribution in [0.3, 0.4) is 0 Å². The molecule has 0 saturated carbocycles. The quantitative estimate of drug-likeness (QED) is 0.683. The molecule has 0 bridgehead atoms. The molecular weight excluding hydrogens is 292 g/mol. The highest BCUT2D eigenvalue weighted by atomic mass is 16.5. The fourth-order valence-corrected chi connectivity index (χ4v) is 2.96. The number of benzene rings is 1. The highest BCUT2D eigenvalue weighted by Gasteiger charge is 2.18. The third-order valence-electron chi connectivity index (χ3n) is 4.42. The molecule has 0 aromatic heterocycles. The monoisotopic (exact) mass is 322 g/mol. The third-order valence-corrected chi connectivity index (χ3v) is 4.42. The van der Waals surface area contributed by atoms with Crippen LogP contribution in [0.4, 0.5) is 0 Å². The first-order valence-electron chi connectivity index (χ1n) is 8.65. The molecule has 3 N–H and O–H groups in total. The molecule has 0 spiro atoms. The molecule has 0 aliphatic carbocycles. The minimum Gasteiger partial charge on any atom is -0.504 e. The number of piperidine rings is 1. The first-order chi connectivity index (χ1) is 11.1. The summed E-state index contributed by atoms with van der Waals surface area (Å²) >= 11 is 0. The number of nitrogens with zero attached hydrogens (tertiary/aromatic N) is 1. The molecule has 1 heterocycles. The van der Waals surface area contributed by atoms with E-state index in [0.29, 0.717) is 32.0 Å². The van der Waals surface area contributed by atoms with E-state index in [2.05, 4.69) is 17.1 Å². The predicted molar refractivity (Wildman–Crippen MR) is 91.8 cm³/mol. The molecule has 1 fully saturated rings. The molecule has 1 aromatic rings. The normalized spacial score (nSPS) is 18.0. The van der Waals surface area contributed by atoms with Gasteiger partial charge in [-0.2, -0.15) is 0 Å². The van der Waals surface area contributed by atoms with Crippen molar-refractivity contribution < 1.29 is 14.9 Å². The van der Waals surface area contributed by atoms with Crippen LogP contribution in [0, 0.1) is 5.92 Å². The molecule has 1 saturated heterocycles. The summed E-state index contributed by atoms with van der Waals surface area (Å²) in [6, 6.07) is 5.49. The van der Waals surface area contributed by atoms with Crippen LogP contribution in [0.15, 0.2) is 18.2 Å². The van der Waals surface area contributed by atoms with Gasteiger partial charge >= 0.3 is 0 Å². The lowest BCUT2D eigenvalue weighted by Crippen LogP contribution is -2.41. The van der Waals surface area contributed by atoms with E-state index < -0.39 is 0 Å². The third kappa shape index (κ3) is 5.68. The number of hydrogen-bond acceptors (Lipinski definition) is 5. The molecule has 130 valence electrons. The van der Waals surface area contributed by atoms with Gasteiger partial charge < -0.3 is 25.2 Å². The van der Waals surface area contributed by atoms with Crippen molar-refractivity contribution in [1.82, 2.24) is 10.2 Å². The Bertz CT molecular complexity index is 473. The van der Waals surface area contributed by atoms with Crippen molar-refractivity contribution in [2.75, 3.05) is 32.8 Å². The Morgan fingerprint density at radius 3 is 2.78 bits per heavy atom. The number of phenols is 1. The van der Waals surface area contributed by atoms with Crippen molar-refractivity contribution in [1.29, 1.82) is 0 Å². The van der Waals surface area contributed by atoms with Crippen LogP contribution < -0.4 is 10.1 Å². The molecule has 5 nitrogen and oxygen atoms in total. The van der Waals surface area contributed by atoms with Gasteiger partial charge in [-0.25, -0.2) is 0 Å². The van der Waals surface area contributed by atoms with Crippen LogP contribution in [-0.4, -0.2) is 54.0 Å². The van der Waals surface area contributed by atoms with Crippen LogP contribution in [-0.2, 0) is 6.54 Å². The zero-order valence-electron chi connectivity index (χ0n) is 14.3. The molecule has 1 unspecified atom stereocenters. The van der Waals surface area contributed by atoms with Gasteiger partial charge in [0, 0.05) is 25.2 Å². The van der Waals surface area contributed by atoms with Gasteiger partial charge in [0.05, 0.1) is 12.7 Å². The van der Waals surface area contributed by atoms with E-state index in [-0.39, 0.29) is 11.9 Å². The Labute approximate surface area is 139 Å². The predicted octanol–water partition coefficient (Wildman–Crippen LogP) is 1.97. The van der Waals surface area contributed by atoms with E-state index in [1.165, 1.54) is 12.8 Å². The summed E-state index contributed by atoms with van der Waals surface area (Å²) in [4.78, 5) is 2.33. The Kier molecular flexibility index (Phi) is 7.15. The number of hydrogen-bond donors (Lipinski definition) is 3. The molecule has 1 aliphatic heterocycles. The summed E-state index contributed by atoms with van der Waals surface area (Å²) in [5, 5.41) is 23.5. The number of likely N-dealkylation sites (tertiary alicyclic amines) is 1. The largest absolute Gasteiger partial charge is 0.504 e. The lowest BCUT2D eigenvalue weighted by molar-refractivity contribution is 0.0906. The van der Waals surface area contributed by atoms with Gasteiger partial charge in [0.1, 0.15) is 0 Å². The van der Waals surface area contributed by atoms with Crippen LogP contribution in [0.5, 0.6) is 11.5 Å². The zero-order chi connectivity index (χ0) is 16.7. The summed E-state index contributed by atoms with van der Waals surface area (Å²) in [7, 11) is 0. The number of β-amino-alcohol motifs (C(OH)–C–C–N with tert-alkyl or cyclic N) is 1. The molecule has 1 aromatic carbocycles. The molecule has 0 radical (unpaired) electrons. The number of para-hydroxylation sites is 1. The van der Waals surface area contributed by atoms with Crippen molar-refractivity contribution >= 4 is 0 Å². The number of aliphatic hydroxyl groups excluding tert-OH is 1. The van der Waals surface area contributed by atoms with Gasteiger partial charge in [-0.3, -0.25) is 0 Å². The minimum atomic E-state index is -0.388. The van der Waals surface area contributed by atoms with E-state index in [9.17, 15) is 10.2 Å². The number of aromatic hydroxyl groups is 1. The first-order valence-corrected chi connectivity index (χ1v) is 8.65. The summed E-state index contributed by atoms with van der Waals surface area (Å²) in [6.07, 6.45) is 2.05. The van der Waals surface area contributed by atoms with Gasteiger partial charge in [0.25, 0.3) is 0 Å². The minimum absolute atomic E-state index is 0.182. The molecule has 23 heavy (non-hydrogen) atoms. The maximum atomic E-state index is 10.2. The summed E-state index contributed by atoms with van der Waals surface area (Å²) in [6.45, 7) is 8.61. The second kappa shape index (κ2) is 9.11. The number of rotatable bonds is 8. The number of nitrogens with one attached hydrogen (secondary N) is 1.